The number of carbonyl (C=O) groups excluding carboxylic acids is 1. The molecule has 4 rings (SSSR count). The van der Waals surface area contributed by atoms with Crippen molar-refractivity contribution in [1.82, 2.24) is 9.80 Å². The normalized spacial score (nSPS) is 22.5. The highest BCUT2D eigenvalue weighted by Gasteiger charge is 2.30. The Morgan fingerprint density at radius 2 is 1.82 bits per heavy atom. The van der Waals surface area contributed by atoms with E-state index in [1.807, 2.05) is 17.0 Å². The number of hydrogen-bond donors (Lipinski definition) is 0. The lowest BCUT2D eigenvalue weighted by Gasteiger charge is -2.24. The van der Waals surface area contributed by atoms with Crippen LogP contribution in [0.3, 0.4) is 0 Å². The summed E-state index contributed by atoms with van der Waals surface area (Å²) >= 11 is 0. The van der Waals surface area contributed by atoms with Crippen LogP contribution in [0.4, 0.5) is 0 Å². The summed E-state index contributed by atoms with van der Waals surface area (Å²) in [6.07, 6.45) is 4.27. The highest BCUT2D eigenvalue weighted by Crippen LogP contribution is 2.25. The molecule has 2 aliphatic rings. The van der Waals surface area contributed by atoms with Gasteiger partial charge in [-0.1, -0.05) is 48.5 Å². The summed E-state index contributed by atoms with van der Waals surface area (Å²) in [6.45, 7) is 5.36. The minimum absolute atomic E-state index is 0.153. The van der Waals surface area contributed by atoms with Gasteiger partial charge < -0.3 is 9.64 Å². The molecule has 0 aliphatic carbocycles. The van der Waals surface area contributed by atoms with Crippen LogP contribution in [-0.2, 0) is 11.2 Å². The highest BCUT2D eigenvalue weighted by atomic mass is 16.5. The topological polar surface area (TPSA) is 32.8 Å². The maximum Gasteiger partial charge on any atom is 0.236 e. The molecule has 2 fully saturated rings. The largest absolute Gasteiger partial charge is 0.489 e. The molecule has 2 atom stereocenters. The number of para-hydroxylation sites is 1. The van der Waals surface area contributed by atoms with Gasteiger partial charge in [0.25, 0.3) is 0 Å². The van der Waals surface area contributed by atoms with E-state index in [2.05, 4.69) is 54.3 Å². The van der Waals surface area contributed by atoms with Crippen molar-refractivity contribution in [1.29, 1.82) is 0 Å². The molecule has 0 radical (unpaired) electrons. The SMILES string of the molecule is C[C@@H]1CCCN1C(=O)CN1CC[C@H](Oc2ccccc2Cc2ccccc2)C1. The first-order valence-electron chi connectivity index (χ1n) is 10.5. The molecule has 0 saturated carbocycles. The van der Waals surface area contributed by atoms with E-state index in [0.717, 1.165) is 51.1 Å². The molecule has 1 amide bonds. The average Bonchev–Trinajstić information content (AvgIpc) is 3.33. The molecule has 0 bridgehead atoms. The smallest absolute Gasteiger partial charge is 0.236 e. The molecule has 2 saturated heterocycles. The van der Waals surface area contributed by atoms with Crippen LogP contribution in [0.2, 0.25) is 0 Å². The number of likely N-dealkylation sites (tertiary alicyclic amines) is 2. The van der Waals surface area contributed by atoms with Gasteiger partial charge in [0.2, 0.25) is 5.91 Å². The van der Waals surface area contributed by atoms with Gasteiger partial charge in [0.1, 0.15) is 11.9 Å². The molecule has 2 aromatic carbocycles. The Morgan fingerprint density at radius 1 is 1.04 bits per heavy atom. The van der Waals surface area contributed by atoms with E-state index < -0.39 is 0 Å². The second-order valence-electron chi connectivity index (χ2n) is 8.11. The molecule has 2 aliphatic heterocycles. The molecule has 148 valence electrons. The number of benzene rings is 2. The third-order valence-electron chi connectivity index (χ3n) is 5.96. The monoisotopic (exact) mass is 378 g/mol. The van der Waals surface area contributed by atoms with E-state index in [1.165, 1.54) is 11.1 Å². The number of amides is 1. The van der Waals surface area contributed by atoms with Crippen molar-refractivity contribution in [3.05, 3.63) is 65.7 Å². The Labute approximate surface area is 168 Å². The van der Waals surface area contributed by atoms with Crippen LogP contribution in [0.1, 0.15) is 37.3 Å². The molecule has 4 heteroatoms. The van der Waals surface area contributed by atoms with Crippen LogP contribution in [0.5, 0.6) is 5.75 Å². The number of hydrogen-bond acceptors (Lipinski definition) is 3. The first-order valence-corrected chi connectivity index (χ1v) is 10.5. The van der Waals surface area contributed by atoms with Crippen LogP contribution in [0.15, 0.2) is 54.6 Å². The third kappa shape index (κ3) is 4.56. The molecular formula is C24H30N2O2. The van der Waals surface area contributed by atoms with Gasteiger partial charge >= 0.3 is 0 Å². The van der Waals surface area contributed by atoms with Crippen molar-refractivity contribution in [2.24, 2.45) is 0 Å². The van der Waals surface area contributed by atoms with Crippen LogP contribution in [0.25, 0.3) is 0 Å². The van der Waals surface area contributed by atoms with Crippen molar-refractivity contribution in [3.63, 3.8) is 0 Å². The summed E-state index contributed by atoms with van der Waals surface area (Å²) in [5.74, 6) is 1.24. The molecule has 0 aromatic heterocycles. The Hall–Kier alpha value is -2.33. The van der Waals surface area contributed by atoms with E-state index in [0.29, 0.717) is 12.6 Å². The standard InChI is InChI=1S/C24H30N2O2/c1-19-8-7-14-26(19)24(27)18-25-15-13-22(17-25)28-23-12-6-5-11-21(23)16-20-9-3-2-4-10-20/h2-6,9-12,19,22H,7-8,13-18H2,1H3/t19-,22+/m1/s1. The minimum atomic E-state index is 0.153. The Kier molecular flexibility index (Phi) is 5.96. The summed E-state index contributed by atoms with van der Waals surface area (Å²) in [5.41, 5.74) is 2.51. The maximum atomic E-state index is 12.6. The maximum absolute atomic E-state index is 12.6. The van der Waals surface area contributed by atoms with E-state index in [-0.39, 0.29) is 12.0 Å². The average molecular weight is 379 g/mol. The van der Waals surface area contributed by atoms with E-state index in [9.17, 15) is 4.79 Å². The van der Waals surface area contributed by atoms with E-state index in [1.54, 1.807) is 0 Å². The molecule has 4 nitrogen and oxygen atoms in total. The number of carbonyl (C=O) groups is 1. The fourth-order valence-electron chi connectivity index (χ4n) is 4.38. The Balaban J connectivity index is 1.34. The van der Waals surface area contributed by atoms with Crippen molar-refractivity contribution in [2.45, 2.75) is 44.8 Å². The van der Waals surface area contributed by atoms with Gasteiger partial charge in [0.05, 0.1) is 6.54 Å². The predicted octanol–water partition coefficient (Wildman–Crippen LogP) is 3.74. The second-order valence-corrected chi connectivity index (χ2v) is 8.11. The summed E-state index contributed by atoms with van der Waals surface area (Å²) < 4.78 is 6.37. The first kappa shape index (κ1) is 19.0. The highest BCUT2D eigenvalue weighted by molar-refractivity contribution is 5.78. The van der Waals surface area contributed by atoms with Crippen molar-refractivity contribution < 1.29 is 9.53 Å². The van der Waals surface area contributed by atoms with Gasteiger partial charge in [-0.15, -0.1) is 0 Å². The van der Waals surface area contributed by atoms with Gasteiger partial charge in [-0.2, -0.15) is 0 Å². The minimum Gasteiger partial charge on any atom is -0.489 e. The first-order chi connectivity index (χ1) is 13.7. The summed E-state index contributed by atoms with van der Waals surface area (Å²) in [4.78, 5) is 16.9. The zero-order chi connectivity index (χ0) is 19.3. The zero-order valence-electron chi connectivity index (χ0n) is 16.7. The van der Waals surface area contributed by atoms with Gasteiger partial charge in [0.15, 0.2) is 0 Å². The molecule has 0 spiro atoms. The molecule has 0 N–H and O–H groups in total. The summed E-state index contributed by atoms with van der Waals surface area (Å²) in [5, 5.41) is 0. The summed E-state index contributed by atoms with van der Waals surface area (Å²) in [6, 6.07) is 19.2. The zero-order valence-corrected chi connectivity index (χ0v) is 16.7. The van der Waals surface area contributed by atoms with Crippen LogP contribution in [0, 0.1) is 0 Å². The molecule has 2 aromatic rings. The van der Waals surface area contributed by atoms with Gasteiger partial charge in [-0.25, -0.2) is 0 Å². The molecule has 28 heavy (non-hydrogen) atoms. The number of ether oxygens (including phenoxy) is 1. The van der Waals surface area contributed by atoms with Crippen molar-refractivity contribution >= 4 is 5.91 Å². The third-order valence-corrected chi connectivity index (χ3v) is 5.96. The van der Waals surface area contributed by atoms with Gasteiger partial charge in [-0.05, 0) is 43.4 Å². The van der Waals surface area contributed by atoms with Gasteiger partial charge in [0, 0.05) is 32.1 Å². The Morgan fingerprint density at radius 3 is 2.61 bits per heavy atom. The van der Waals surface area contributed by atoms with E-state index in [4.69, 9.17) is 4.74 Å². The van der Waals surface area contributed by atoms with Crippen LogP contribution < -0.4 is 4.74 Å². The van der Waals surface area contributed by atoms with Crippen LogP contribution >= 0.6 is 0 Å². The second kappa shape index (κ2) is 8.78. The fourth-order valence-corrected chi connectivity index (χ4v) is 4.38. The predicted molar refractivity (Wildman–Crippen MR) is 112 cm³/mol. The lowest BCUT2D eigenvalue weighted by atomic mass is 10.0. The fraction of sp³-hybridized carbons (Fsp3) is 0.458. The number of nitrogens with zero attached hydrogens (tertiary/aromatic N) is 2. The molecule has 2 heterocycles. The van der Waals surface area contributed by atoms with Gasteiger partial charge in [-0.3, -0.25) is 9.69 Å². The van der Waals surface area contributed by atoms with Crippen molar-refractivity contribution in [2.75, 3.05) is 26.2 Å². The Bertz CT molecular complexity index is 792. The van der Waals surface area contributed by atoms with Crippen molar-refractivity contribution in [3.8, 4) is 5.75 Å². The summed E-state index contributed by atoms with van der Waals surface area (Å²) in [7, 11) is 0. The lowest BCUT2D eigenvalue weighted by Crippen LogP contribution is -2.41. The molecular weight excluding hydrogens is 348 g/mol. The lowest BCUT2D eigenvalue weighted by molar-refractivity contribution is -0.132. The van der Waals surface area contributed by atoms with Crippen LogP contribution in [-0.4, -0.2) is 54.0 Å². The quantitative estimate of drug-likeness (QED) is 0.768. The van der Waals surface area contributed by atoms with E-state index >= 15 is 0 Å². The molecule has 0 unspecified atom stereocenters. The number of rotatable bonds is 6.